The molecule has 4 heterocycles. The predicted molar refractivity (Wildman–Crippen MR) is 162 cm³/mol. The number of anilines is 1. The summed E-state index contributed by atoms with van der Waals surface area (Å²) in [6.07, 6.45) is 3.31. The van der Waals surface area contributed by atoms with Crippen molar-refractivity contribution in [1.29, 1.82) is 0 Å². The topological polar surface area (TPSA) is 143 Å². The zero-order valence-electron chi connectivity index (χ0n) is 24.4. The first-order chi connectivity index (χ1) is 21.3. The zero-order chi connectivity index (χ0) is 32.8. The number of piperazine rings is 1. The van der Waals surface area contributed by atoms with E-state index in [1.807, 2.05) is 0 Å². The molecule has 12 nitrogen and oxygen atoms in total. The van der Waals surface area contributed by atoms with E-state index in [2.05, 4.69) is 26.4 Å². The van der Waals surface area contributed by atoms with Gasteiger partial charge in [0.05, 0.1) is 16.6 Å². The zero-order valence-corrected chi connectivity index (χ0v) is 25.2. The maximum Gasteiger partial charge on any atom is 0.355 e. The minimum Gasteiger partial charge on any atom is -0.507 e. The molecule has 0 unspecified atom stereocenters. The summed E-state index contributed by atoms with van der Waals surface area (Å²) in [4.78, 5) is 45.7. The number of nitrogens with zero attached hydrogens (tertiary/aromatic N) is 7. The molecule has 0 spiro atoms. The van der Waals surface area contributed by atoms with E-state index in [1.165, 1.54) is 30.2 Å². The van der Waals surface area contributed by atoms with Crippen molar-refractivity contribution in [2.45, 2.75) is 31.0 Å². The van der Waals surface area contributed by atoms with Crippen molar-refractivity contribution in [3.63, 3.8) is 0 Å². The molecule has 1 N–H and O–H groups in total. The maximum atomic E-state index is 16.0. The van der Waals surface area contributed by atoms with Crippen molar-refractivity contribution in [2.75, 3.05) is 30.8 Å². The molecule has 0 aliphatic carbocycles. The van der Waals surface area contributed by atoms with Gasteiger partial charge in [0, 0.05) is 31.6 Å². The largest absolute Gasteiger partial charge is 0.507 e. The van der Waals surface area contributed by atoms with Crippen LogP contribution in [0.5, 0.6) is 5.75 Å². The summed E-state index contributed by atoms with van der Waals surface area (Å²) in [5, 5.41) is 9.92. The van der Waals surface area contributed by atoms with Crippen LogP contribution in [0.2, 0.25) is 0 Å². The second kappa shape index (κ2) is 11.7. The molecule has 0 saturated carbocycles. The Morgan fingerprint density at radius 1 is 1.22 bits per heavy atom. The van der Waals surface area contributed by atoms with E-state index in [1.54, 1.807) is 11.8 Å². The fourth-order valence-corrected chi connectivity index (χ4v) is 6.48. The molecule has 3 aromatic heterocycles. The molecule has 0 radical (unpaired) electrons. The SMILES string of the molecule is [C-]#[N+]C[C@H]1CN(C(=O)C=C)C[C@H](C)N1c1nc(=O)n(-c2c(C)ccnc2S(C)(=O)=O)c2nc(-c3c(O)cccc3F)c(F)cc12. The van der Waals surface area contributed by atoms with E-state index in [0.717, 1.165) is 35.1 Å². The molecule has 1 fully saturated rings. The lowest BCUT2D eigenvalue weighted by Crippen LogP contribution is -2.60. The molecule has 1 aliphatic heterocycles. The molecule has 45 heavy (non-hydrogen) atoms. The number of amides is 1. The maximum absolute atomic E-state index is 16.0. The van der Waals surface area contributed by atoms with Gasteiger partial charge in [-0.25, -0.2) is 43.1 Å². The molecule has 2 atom stereocenters. The third-order valence-electron chi connectivity index (χ3n) is 7.51. The van der Waals surface area contributed by atoms with Gasteiger partial charge in [-0.2, -0.15) is 4.98 Å². The van der Waals surface area contributed by atoms with Crippen LogP contribution in [0.3, 0.4) is 0 Å². The lowest BCUT2D eigenvalue weighted by atomic mass is 10.0. The third kappa shape index (κ3) is 5.48. The van der Waals surface area contributed by atoms with Crippen LogP contribution in [0.25, 0.3) is 32.8 Å². The number of aromatic hydroxyl groups is 1. The first kappa shape index (κ1) is 31.2. The Morgan fingerprint density at radius 2 is 1.96 bits per heavy atom. The number of phenolic OH excluding ortho intramolecular Hbond substituents is 1. The van der Waals surface area contributed by atoms with Gasteiger partial charge in [-0.05, 0) is 49.8 Å². The highest BCUT2D eigenvalue weighted by molar-refractivity contribution is 7.90. The van der Waals surface area contributed by atoms with E-state index >= 15 is 4.39 Å². The quantitative estimate of drug-likeness (QED) is 0.250. The number of rotatable bonds is 6. The molecule has 4 aromatic rings. The third-order valence-corrected chi connectivity index (χ3v) is 8.52. The summed E-state index contributed by atoms with van der Waals surface area (Å²) >= 11 is 0. The Labute approximate surface area is 256 Å². The van der Waals surface area contributed by atoms with E-state index in [0.29, 0.717) is 5.56 Å². The van der Waals surface area contributed by atoms with E-state index in [4.69, 9.17) is 6.57 Å². The highest BCUT2D eigenvalue weighted by Crippen LogP contribution is 2.37. The van der Waals surface area contributed by atoms with Crippen LogP contribution in [0.1, 0.15) is 12.5 Å². The Morgan fingerprint density at radius 3 is 2.60 bits per heavy atom. The number of sulfone groups is 1. The van der Waals surface area contributed by atoms with Gasteiger partial charge >= 0.3 is 5.69 Å². The van der Waals surface area contributed by atoms with Crippen LogP contribution in [0, 0.1) is 25.1 Å². The number of aryl methyl sites for hydroxylation is 1. The van der Waals surface area contributed by atoms with Crippen molar-refractivity contribution >= 4 is 32.6 Å². The number of pyridine rings is 2. The summed E-state index contributed by atoms with van der Waals surface area (Å²) in [5.41, 5.74) is -2.43. The second-order valence-corrected chi connectivity index (χ2v) is 12.6. The van der Waals surface area contributed by atoms with Crippen molar-refractivity contribution < 1.29 is 27.1 Å². The average molecular weight is 636 g/mol. The number of fused-ring (bicyclic) bond motifs is 1. The van der Waals surface area contributed by atoms with E-state index in [-0.39, 0.29) is 48.1 Å². The minimum absolute atomic E-state index is 0.0697. The van der Waals surface area contributed by atoms with Gasteiger partial charge in [0.1, 0.15) is 29.1 Å². The van der Waals surface area contributed by atoms with Gasteiger partial charge in [-0.1, -0.05) is 12.6 Å². The number of halogens is 2. The summed E-state index contributed by atoms with van der Waals surface area (Å²) < 4.78 is 57.4. The Balaban J connectivity index is 1.90. The van der Waals surface area contributed by atoms with E-state index < -0.39 is 61.3 Å². The molecule has 1 amide bonds. The summed E-state index contributed by atoms with van der Waals surface area (Å²) in [6.45, 7) is 14.4. The van der Waals surface area contributed by atoms with Crippen molar-refractivity contribution in [2.24, 2.45) is 0 Å². The molecule has 0 bridgehead atoms. The molecule has 1 aromatic carbocycles. The molecule has 1 saturated heterocycles. The monoisotopic (exact) mass is 635 g/mol. The number of hydrogen-bond donors (Lipinski definition) is 1. The highest BCUT2D eigenvalue weighted by Gasteiger charge is 2.38. The normalized spacial score (nSPS) is 16.9. The van der Waals surface area contributed by atoms with E-state index in [9.17, 15) is 27.5 Å². The lowest BCUT2D eigenvalue weighted by Gasteiger charge is -2.44. The molecule has 15 heteroatoms. The second-order valence-electron chi connectivity index (χ2n) is 10.6. The first-order valence-electron chi connectivity index (χ1n) is 13.6. The Kier molecular flexibility index (Phi) is 8.11. The van der Waals surface area contributed by atoms with Crippen LogP contribution in [-0.4, -0.2) is 81.8 Å². The van der Waals surface area contributed by atoms with Crippen LogP contribution in [-0.2, 0) is 14.6 Å². The van der Waals surface area contributed by atoms with Crippen molar-refractivity contribution in [3.05, 3.63) is 88.3 Å². The minimum atomic E-state index is -4.04. The number of phenols is 1. The summed E-state index contributed by atoms with van der Waals surface area (Å²) in [6, 6.07) is 4.57. The van der Waals surface area contributed by atoms with Crippen LogP contribution in [0.4, 0.5) is 14.6 Å². The van der Waals surface area contributed by atoms with Crippen LogP contribution >= 0.6 is 0 Å². The predicted octanol–water partition coefficient (Wildman–Crippen LogP) is 3.05. The molecule has 5 rings (SSSR count). The van der Waals surface area contributed by atoms with Gasteiger partial charge in [-0.3, -0.25) is 4.79 Å². The number of aromatic nitrogens is 4. The fraction of sp³-hybridized carbons (Fsp3) is 0.267. The molecule has 1 aliphatic rings. The van der Waals surface area contributed by atoms with Crippen molar-refractivity contribution in [3.8, 4) is 22.7 Å². The highest BCUT2D eigenvalue weighted by atomic mass is 32.2. The van der Waals surface area contributed by atoms with Gasteiger partial charge in [0.2, 0.25) is 12.5 Å². The number of hydrogen-bond acceptors (Lipinski definition) is 9. The first-order valence-corrected chi connectivity index (χ1v) is 15.5. The van der Waals surface area contributed by atoms with Crippen molar-refractivity contribution in [1.82, 2.24) is 24.4 Å². The molecular weight excluding hydrogens is 608 g/mol. The molecular formula is C30H27F2N7O5S. The lowest BCUT2D eigenvalue weighted by molar-refractivity contribution is -0.127. The van der Waals surface area contributed by atoms with Gasteiger partial charge < -0.3 is 19.8 Å². The smallest absolute Gasteiger partial charge is 0.355 e. The van der Waals surface area contributed by atoms with Gasteiger partial charge in [-0.15, -0.1) is 0 Å². The number of benzene rings is 1. The molecule has 232 valence electrons. The van der Waals surface area contributed by atoms with Gasteiger partial charge in [0.25, 0.3) is 0 Å². The standard InChI is InChI=1S/C30H27F2N7O5S/c1-6-23(41)37-14-17(3)38(18(15-37)13-33-4)28-19-12-21(32)25(24-20(31)8-7-9-22(24)40)35-27(19)39(30(42)36-28)26-16(2)10-11-34-29(26)45(5,43)44/h6-12,17-18,40H,1,13-15H2,2-3,5H3/t17-,18-/m0/s1. The average Bonchev–Trinajstić information content (AvgIpc) is 2.97. The Hall–Kier alpha value is -5.23. The number of carbonyl (C=O) groups is 1. The van der Waals surface area contributed by atoms with Crippen LogP contribution in [0.15, 0.2) is 59.0 Å². The Bertz CT molecular complexity index is 2080. The summed E-state index contributed by atoms with van der Waals surface area (Å²) in [7, 11) is -4.04. The fourth-order valence-electron chi connectivity index (χ4n) is 5.62. The van der Waals surface area contributed by atoms with Gasteiger partial charge in [0.15, 0.2) is 26.3 Å². The number of carbonyl (C=O) groups excluding carboxylic acids is 1. The van der Waals surface area contributed by atoms with Crippen LogP contribution < -0.4 is 10.6 Å². The summed E-state index contributed by atoms with van der Waals surface area (Å²) in [5.74, 6) is -3.11.